The van der Waals surface area contributed by atoms with Gasteiger partial charge in [-0.25, -0.2) is 0 Å². The molecule has 1 aliphatic rings. The Kier molecular flexibility index (Phi) is 3.78. The van der Waals surface area contributed by atoms with Crippen molar-refractivity contribution in [2.24, 2.45) is 5.92 Å². The molecule has 3 nitrogen and oxygen atoms in total. The SMILES string of the molecule is C#CCCNC(=O)C1OCCC1C. The Morgan fingerprint density at radius 2 is 2.54 bits per heavy atom. The molecule has 0 aromatic rings. The Balaban J connectivity index is 2.27. The number of hydrogen-bond donors (Lipinski definition) is 1. The fourth-order valence-electron chi connectivity index (χ4n) is 1.39. The second-order valence-electron chi connectivity index (χ2n) is 3.30. The zero-order valence-electron chi connectivity index (χ0n) is 7.88. The molecule has 0 spiro atoms. The van der Waals surface area contributed by atoms with E-state index in [2.05, 4.69) is 11.2 Å². The van der Waals surface area contributed by atoms with E-state index >= 15 is 0 Å². The fourth-order valence-corrected chi connectivity index (χ4v) is 1.39. The van der Waals surface area contributed by atoms with Gasteiger partial charge in [-0.3, -0.25) is 4.79 Å². The van der Waals surface area contributed by atoms with Crippen molar-refractivity contribution in [2.75, 3.05) is 13.2 Å². The van der Waals surface area contributed by atoms with Gasteiger partial charge in [0.05, 0.1) is 0 Å². The van der Waals surface area contributed by atoms with Crippen LogP contribution in [0.5, 0.6) is 0 Å². The number of nitrogens with one attached hydrogen (secondary N) is 1. The van der Waals surface area contributed by atoms with E-state index in [0.29, 0.717) is 25.5 Å². The van der Waals surface area contributed by atoms with Crippen molar-refractivity contribution >= 4 is 5.91 Å². The molecule has 2 unspecified atom stereocenters. The predicted octanol–water partition coefficient (Wildman–Crippen LogP) is 0.551. The summed E-state index contributed by atoms with van der Waals surface area (Å²) in [5.74, 6) is 2.77. The first kappa shape index (κ1) is 10.1. The van der Waals surface area contributed by atoms with Crippen LogP contribution in [0.1, 0.15) is 19.8 Å². The Labute approximate surface area is 78.8 Å². The molecule has 1 heterocycles. The molecule has 13 heavy (non-hydrogen) atoms. The lowest BCUT2D eigenvalue weighted by Crippen LogP contribution is -2.37. The van der Waals surface area contributed by atoms with E-state index < -0.39 is 0 Å². The Morgan fingerprint density at radius 1 is 1.77 bits per heavy atom. The van der Waals surface area contributed by atoms with E-state index in [-0.39, 0.29) is 12.0 Å². The average molecular weight is 181 g/mol. The van der Waals surface area contributed by atoms with Crippen LogP contribution in [0.4, 0.5) is 0 Å². The molecule has 1 N–H and O–H groups in total. The lowest BCUT2D eigenvalue weighted by atomic mass is 10.0. The maximum Gasteiger partial charge on any atom is 0.249 e. The van der Waals surface area contributed by atoms with Crippen molar-refractivity contribution in [1.82, 2.24) is 5.32 Å². The Morgan fingerprint density at radius 3 is 3.08 bits per heavy atom. The molecule has 0 radical (unpaired) electrons. The second-order valence-corrected chi connectivity index (χ2v) is 3.30. The van der Waals surface area contributed by atoms with Gasteiger partial charge >= 0.3 is 0 Å². The van der Waals surface area contributed by atoms with E-state index in [1.807, 2.05) is 6.92 Å². The van der Waals surface area contributed by atoms with Crippen LogP contribution in [0.15, 0.2) is 0 Å². The predicted molar refractivity (Wildman–Crippen MR) is 50.0 cm³/mol. The summed E-state index contributed by atoms with van der Waals surface area (Å²) in [4.78, 5) is 11.4. The van der Waals surface area contributed by atoms with E-state index in [0.717, 1.165) is 6.42 Å². The van der Waals surface area contributed by atoms with Crippen molar-refractivity contribution in [3.8, 4) is 12.3 Å². The maximum absolute atomic E-state index is 11.4. The monoisotopic (exact) mass is 181 g/mol. The van der Waals surface area contributed by atoms with Gasteiger partial charge in [-0.2, -0.15) is 0 Å². The molecule has 72 valence electrons. The first-order valence-electron chi connectivity index (χ1n) is 4.58. The summed E-state index contributed by atoms with van der Waals surface area (Å²) in [6.07, 6.45) is 6.34. The number of ether oxygens (including phenoxy) is 1. The quantitative estimate of drug-likeness (QED) is 0.510. The number of amides is 1. The maximum atomic E-state index is 11.4. The van der Waals surface area contributed by atoms with Crippen molar-refractivity contribution in [2.45, 2.75) is 25.9 Å². The zero-order valence-corrected chi connectivity index (χ0v) is 7.88. The van der Waals surface area contributed by atoms with Gasteiger partial charge in [-0.05, 0) is 12.3 Å². The van der Waals surface area contributed by atoms with Crippen molar-refractivity contribution in [1.29, 1.82) is 0 Å². The van der Waals surface area contributed by atoms with Crippen LogP contribution in [-0.2, 0) is 9.53 Å². The van der Waals surface area contributed by atoms with Gasteiger partial charge in [-0.15, -0.1) is 12.3 Å². The second kappa shape index (κ2) is 4.88. The van der Waals surface area contributed by atoms with Gasteiger partial charge in [0, 0.05) is 19.6 Å². The summed E-state index contributed by atoms with van der Waals surface area (Å²) in [5, 5.41) is 2.75. The molecular weight excluding hydrogens is 166 g/mol. The number of terminal acetylenes is 1. The minimum atomic E-state index is -0.266. The molecule has 1 aliphatic heterocycles. The number of rotatable bonds is 3. The molecule has 1 amide bonds. The third kappa shape index (κ3) is 2.74. The fraction of sp³-hybridized carbons (Fsp3) is 0.700. The number of carbonyl (C=O) groups is 1. The summed E-state index contributed by atoms with van der Waals surface area (Å²) in [5.41, 5.74) is 0. The minimum Gasteiger partial charge on any atom is -0.368 e. The highest BCUT2D eigenvalue weighted by molar-refractivity contribution is 5.81. The highest BCUT2D eigenvalue weighted by atomic mass is 16.5. The number of hydrogen-bond acceptors (Lipinski definition) is 2. The van der Waals surface area contributed by atoms with Crippen LogP contribution in [0.2, 0.25) is 0 Å². The first-order chi connectivity index (χ1) is 6.25. The van der Waals surface area contributed by atoms with Crippen LogP contribution < -0.4 is 5.32 Å². The average Bonchev–Trinajstić information content (AvgIpc) is 2.52. The molecule has 0 aromatic carbocycles. The molecule has 1 saturated heterocycles. The minimum absolute atomic E-state index is 0.0275. The molecule has 0 aliphatic carbocycles. The van der Waals surface area contributed by atoms with Crippen LogP contribution in [0, 0.1) is 18.3 Å². The van der Waals surface area contributed by atoms with Crippen LogP contribution >= 0.6 is 0 Å². The zero-order chi connectivity index (χ0) is 9.68. The normalized spacial score (nSPS) is 26.8. The third-order valence-electron chi connectivity index (χ3n) is 2.21. The van der Waals surface area contributed by atoms with E-state index in [1.54, 1.807) is 0 Å². The number of carbonyl (C=O) groups excluding carboxylic acids is 1. The summed E-state index contributed by atoms with van der Waals surface area (Å²) >= 11 is 0. The lowest BCUT2D eigenvalue weighted by molar-refractivity contribution is -0.131. The summed E-state index contributed by atoms with van der Waals surface area (Å²) < 4.78 is 5.29. The van der Waals surface area contributed by atoms with Crippen molar-refractivity contribution < 1.29 is 9.53 Å². The molecule has 0 saturated carbocycles. The largest absolute Gasteiger partial charge is 0.368 e. The molecular formula is C10H15NO2. The Bertz CT molecular complexity index is 219. The van der Waals surface area contributed by atoms with Crippen LogP contribution in [0.25, 0.3) is 0 Å². The molecule has 1 fully saturated rings. The third-order valence-corrected chi connectivity index (χ3v) is 2.21. The summed E-state index contributed by atoms with van der Waals surface area (Å²) in [6.45, 7) is 3.26. The molecule has 0 bridgehead atoms. The van der Waals surface area contributed by atoms with Gasteiger partial charge < -0.3 is 10.1 Å². The smallest absolute Gasteiger partial charge is 0.249 e. The summed E-state index contributed by atoms with van der Waals surface area (Å²) in [6, 6.07) is 0. The van der Waals surface area contributed by atoms with Crippen LogP contribution in [-0.4, -0.2) is 25.2 Å². The van der Waals surface area contributed by atoms with Gasteiger partial charge in [0.2, 0.25) is 5.91 Å². The lowest BCUT2D eigenvalue weighted by Gasteiger charge is -2.13. The molecule has 2 atom stereocenters. The standard InChI is InChI=1S/C10H15NO2/c1-3-4-6-11-10(12)9-8(2)5-7-13-9/h1,8-9H,4-7H2,2H3,(H,11,12). The Hall–Kier alpha value is -1.01. The first-order valence-corrected chi connectivity index (χ1v) is 4.58. The highest BCUT2D eigenvalue weighted by Gasteiger charge is 2.30. The van der Waals surface area contributed by atoms with Crippen molar-refractivity contribution in [3.05, 3.63) is 0 Å². The van der Waals surface area contributed by atoms with E-state index in [4.69, 9.17) is 11.2 Å². The van der Waals surface area contributed by atoms with Crippen molar-refractivity contribution in [3.63, 3.8) is 0 Å². The van der Waals surface area contributed by atoms with Gasteiger partial charge in [0.1, 0.15) is 6.10 Å². The van der Waals surface area contributed by atoms with Gasteiger partial charge in [0.15, 0.2) is 0 Å². The van der Waals surface area contributed by atoms with Gasteiger partial charge in [-0.1, -0.05) is 6.92 Å². The highest BCUT2D eigenvalue weighted by Crippen LogP contribution is 2.19. The topological polar surface area (TPSA) is 38.3 Å². The summed E-state index contributed by atoms with van der Waals surface area (Å²) in [7, 11) is 0. The van der Waals surface area contributed by atoms with Gasteiger partial charge in [0.25, 0.3) is 0 Å². The van der Waals surface area contributed by atoms with Crippen LogP contribution in [0.3, 0.4) is 0 Å². The molecule has 1 rings (SSSR count). The molecule has 0 aromatic heterocycles. The van der Waals surface area contributed by atoms with E-state index in [9.17, 15) is 4.79 Å². The van der Waals surface area contributed by atoms with E-state index in [1.165, 1.54) is 0 Å². The molecule has 3 heteroatoms.